The van der Waals surface area contributed by atoms with Gasteiger partial charge in [-0.05, 0) is 64.2 Å². The fraction of sp³-hybridized carbons (Fsp3) is 0.629. The molecule has 4 nitrogen and oxygen atoms in total. The summed E-state index contributed by atoms with van der Waals surface area (Å²) < 4.78 is 10.7. The fourth-order valence-electron chi connectivity index (χ4n) is 3.78. The Morgan fingerprint density at radius 2 is 1.10 bits per heavy atom. The van der Waals surface area contributed by atoms with Crippen LogP contribution in [0.4, 0.5) is 0 Å². The number of allylic oxidation sites excluding steroid dienone is 12. The molecule has 0 amide bonds. The summed E-state index contributed by atoms with van der Waals surface area (Å²) in [6, 6.07) is 0. The molecule has 0 rings (SSSR count). The van der Waals surface area contributed by atoms with Crippen LogP contribution in [0.3, 0.4) is 0 Å². The van der Waals surface area contributed by atoms with Gasteiger partial charge in [-0.1, -0.05) is 119 Å². The number of carbonyl (C=O) groups excluding carboxylic acids is 1. The van der Waals surface area contributed by atoms with Gasteiger partial charge in [-0.15, -0.1) is 0 Å². The van der Waals surface area contributed by atoms with Gasteiger partial charge in [0.15, 0.2) is 0 Å². The molecular formula is C35H58O4. The SMILES string of the molecule is CC/C=C\C/C=C\C/C=C\C/C=C\C/C=C\C/C=C\CCCCCCCCCOCC(CO)OC(=O)CCC. The first-order chi connectivity index (χ1) is 19.2. The van der Waals surface area contributed by atoms with Gasteiger partial charge >= 0.3 is 5.97 Å². The summed E-state index contributed by atoms with van der Waals surface area (Å²) >= 11 is 0. The number of unbranched alkanes of at least 4 members (excludes halogenated alkanes) is 7. The standard InChI is InChI=1S/C35H58O4/c1-3-5-6-7-8-9-10-11-12-13-14-15-16-17-18-19-20-21-22-23-24-25-26-27-28-29-31-38-33-34(32-36)39-35(37)30-4-2/h5-6,8-9,11-12,14-15,17-18,20-21,34,36H,3-4,7,10,13,16,19,22-33H2,1-2H3/b6-5-,9-8-,12-11-,15-14-,18-17-,21-20-. The Bertz CT molecular complexity index is 699. The molecule has 0 bridgehead atoms. The Balaban J connectivity index is 3.45. The lowest BCUT2D eigenvalue weighted by Gasteiger charge is -2.15. The highest BCUT2D eigenvalue weighted by atomic mass is 16.6. The minimum absolute atomic E-state index is 0.186. The van der Waals surface area contributed by atoms with Crippen molar-refractivity contribution in [3.05, 3.63) is 72.9 Å². The minimum atomic E-state index is -0.537. The highest BCUT2D eigenvalue weighted by Gasteiger charge is 2.12. The van der Waals surface area contributed by atoms with Crippen LogP contribution in [0.25, 0.3) is 0 Å². The molecule has 0 fully saturated rings. The van der Waals surface area contributed by atoms with Crippen molar-refractivity contribution in [1.29, 1.82) is 0 Å². The van der Waals surface area contributed by atoms with Gasteiger partial charge in [0.25, 0.3) is 0 Å². The van der Waals surface area contributed by atoms with Crippen LogP contribution in [0.1, 0.15) is 117 Å². The van der Waals surface area contributed by atoms with E-state index in [1.54, 1.807) is 0 Å². The monoisotopic (exact) mass is 542 g/mol. The van der Waals surface area contributed by atoms with Crippen molar-refractivity contribution >= 4 is 5.97 Å². The zero-order valence-corrected chi connectivity index (χ0v) is 25.1. The van der Waals surface area contributed by atoms with Crippen LogP contribution >= 0.6 is 0 Å². The third-order valence-corrected chi connectivity index (χ3v) is 6.02. The van der Waals surface area contributed by atoms with E-state index in [9.17, 15) is 9.90 Å². The molecule has 0 aromatic rings. The molecule has 4 heteroatoms. The molecule has 1 N–H and O–H groups in total. The molecular weight excluding hydrogens is 484 g/mol. The molecule has 0 aliphatic rings. The summed E-state index contributed by atoms with van der Waals surface area (Å²) in [6.07, 6.45) is 43.4. The van der Waals surface area contributed by atoms with E-state index in [0.717, 1.165) is 57.8 Å². The van der Waals surface area contributed by atoms with Crippen molar-refractivity contribution in [1.82, 2.24) is 0 Å². The van der Waals surface area contributed by atoms with E-state index >= 15 is 0 Å². The zero-order chi connectivity index (χ0) is 28.5. The van der Waals surface area contributed by atoms with Crippen molar-refractivity contribution in [2.45, 2.75) is 123 Å². The van der Waals surface area contributed by atoms with E-state index in [-0.39, 0.29) is 19.2 Å². The predicted octanol–water partition coefficient (Wildman–Crippen LogP) is 9.53. The lowest BCUT2D eigenvalue weighted by Crippen LogP contribution is -2.27. The van der Waals surface area contributed by atoms with E-state index in [2.05, 4.69) is 79.8 Å². The molecule has 0 aliphatic carbocycles. The summed E-state index contributed by atoms with van der Waals surface area (Å²) in [6.45, 7) is 4.84. The maximum Gasteiger partial charge on any atom is 0.306 e. The third kappa shape index (κ3) is 30.2. The highest BCUT2D eigenvalue weighted by Crippen LogP contribution is 2.09. The number of hydrogen-bond donors (Lipinski definition) is 1. The minimum Gasteiger partial charge on any atom is -0.457 e. The van der Waals surface area contributed by atoms with Gasteiger partial charge in [-0.3, -0.25) is 4.79 Å². The molecule has 0 aromatic heterocycles. The van der Waals surface area contributed by atoms with Crippen LogP contribution in [0.15, 0.2) is 72.9 Å². The molecule has 222 valence electrons. The van der Waals surface area contributed by atoms with Gasteiger partial charge < -0.3 is 14.6 Å². The average Bonchev–Trinajstić information content (AvgIpc) is 2.94. The van der Waals surface area contributed by atoms with Crippen LogP contribution in [0.5, 0.6) is 0 Å². The Morgan fingerprint density at radius 1 is 0.641 bits per heavy atom. The number of rotatable bonds is 27. The molecule has 0 radical (unpaired) electrons. The average molecular weight is 543 g/mol. The third-order valence-electron chi connectivity index (χ3n) is 6.02. The number of carbonyl (C=O) groups is 1. The van der Waals surface area contributed by atoms with Crippen molar-refractivity contribution in [2.24, 2.45) is 0 Å². The molecule has 1 unspecified atom stereocenters. The van der Waals surface area contributed by atoms with Crippen LogP contribution in [-0.4, -0.2) is 37.0 Å². The van der Waals surface area contributed by atoms with E-state index in [1.165, 1.54) is 38.5 Å². The van der Waals surface area contributed by atoms with Gasteiger partial charge in [0.1, 0.15) is 6.10 Å². The lowest BCUT2D eigenvalue weighted by atomic mass is 10.1. The van der Waals surface area contributed by atoms with Crippen molar-refractivity contribution in [3.63, 3.8) is 0 Å². The quantitative estimate of drug-likeness (QED) is 0.0638. The molecule has 0 spiro atoms. The van der Waals surface area contributed by atoms with Crippen molar-refractivity contribution in [2.75, 3.05) is 19.8 Å². The van der Waals surface area contributed by atoms with E-state index in [4.69, 9.17) is 9.47 Å². The number of ether oxygens (including phenoxy) is 2. The van der Waals surface area contributed by atoms with E-state index in [1.807, 2.05) is 6.92 Å². The first-order valence-electron chi connectivity index (χ1n) is 15.5. The summed E-state index contributed by atoms with van der Waals surface area (Å²) in [4.78, 5) is 11.5. The van der Waals surface area contributed by atoms with Gasteiger partial charge in [0.05, 0.1) is 13.2 Å². The first-order valence-corrected chi connectivity index (χ1v) is 15.5. The van der Waals surface area contributed by atoms with Gasteiger partial charge in [-0.25, -0.2) is 0 Å². The summed E-state index contributed by atoms with van der Waals surface area (Å²) in [7, 11) is 0. The molecule has 0 aromatic carbocycles. The summed E-state index contributed by atoms with van der Waals surface area (Å²) in [5, 5.41) is 9.27. The van der Waals surface area contributed by atoms with Gasteiger partial charge in [0, 0.05) is 13.0 Å². The van der Waals surface area contributed by atoms with Gasteiger partial charge in [-0.2, -0.15) is 0 Å². The first kappa shape index (κ1) is 36.8. The van der Waals surface area contributed by atoms with Crippen LogP contribution in [0.2, 0.25) is 0 Å². The number of aliphatic hydroxyl groups is 1. The lowest BCUT2D eigenvalue weighted by molar-refractivity contribution is -0.154. The predicted molar refractivity (Wildman–Crippen MR) is 168 cm³/mol. The largest absolute Gasteiger partial charge is 0.457 e. The second-order valence-corrected chi connectivity index (χ2v) is 9.80. The maximum atomic E-state index is 11.5. The number of aliphatic hydroxyl groups excluding tert-OH is 1. The molecule has 0 saturated heterocycles. The van der Waals surface area contributed by atoms with Crippen molar-refractivity contribution in [3.8, 4) is 0 Å². The zero-order valence-electron chi connectivity index (χ0n) is 25.1. The Labute approximate surface area is 240 Å². The molecule has 0 saturated carbocycles. The molecule has 0 aliphatic heterocycles. The Kier molecular flexibility index (Phi) is 30.3. The second kappa shape index (κ2) is 32.0. The summed E-state index contributed by atoms with van der Waals surface area (Å²) in [5.74, 6) is -0.263. The van der Waals surface area contributed by atoms with Gasteiger partial charge in [0.2, 0.25) is 0 Å². The van der Waals surface area contributed by atoms with E-state index in [0.29, 0.717) is 13.0 Å². The van der Waals surface area contributed by atoms with Crippen LogP contribution in [-0.2, 0) is 14.3 Å². The topological polar surface area (TPSA) is 55.8 Å². The molecule has 39 heavy (non-hydrogen) atoms. The molecule has 1 atom stereocenters. The van der Waals surface area contributed by atoms with Crippen LogP contribution in [0, 0.1) is 0 Å². The Hall–Kier alpha value is -2.17. The maximum absolute atomic E-state index is 11.5. The molecule has 0 heterocycles. The normalized spacial score (nSPS) is 13.4. The number of esters is 1. The smallest absolute Gasteiger partial charge is 0.306 e. The van der Waals surface area contributed by atoms with Crippen molar-refractivity contribution < 1.29 is 19.4 Å². The Morgan fingerprint density at radius 3 is 1.59 bits per heavy atom. The number of hydrogen-bond acceptors (Lipinski definition) is 4. The highest BCUT2D eigenvalue weighted by molar-refractivity contribution is 5.69. The van der Waals surface area contributed by atoms with Crippen LogP contribution < -0.4 is 0 Å². The fourth-order valence-corrected chi connectivity index (χ4v) is 3.78. The second-order valence-electron chi connectivity index (χ2n) is 9.80. The van der Waals surface area contributed by atoms with E-state index < -0.39 is 6.10 Å². The summed E-state index contributed by atoms with van der Waals surface area (Å²) in [5.41, 5.74) is 0.